The predicted molar refractivity (Wildman–Crippen MR) is 86.3 cm³/mol. The lowest BCUT2D eigenvalue weighted by atomic mass is 10.0. The highest BCUT2D eigenvalue weighted by Crippen LogP contribution is 2.20. The molecule has 0 aliphatic rings. The smallest absolute Gasteiger partial charge is 0.312 e. The average molecular weight is 333 g/mol. The van der Waals surface area contributed by atoms with E-state index in [-0.39, 0.29) is 23.9 Å². The summed E-state index contributed by atoms with van der Waals surface area (Å²) in [6.07, 6.45) is 3.33. The first-order valence-electron chi connectivity index (χ1n) is 7.53. The molecule has 1 heterocycles. The number of nitrogens with two attached hydrogens (primary N) is 1. The van der Waals surface area contributed by atoms with Crippen molar-refractivity contribution in [1.82, 2.24) is 20.4 Å². The van der Waals surface area contributed by atoms with Gasteiger partial charge in [0.2, 0.25) is 5.91 Å². The molecule has 24 heavy (non-hydrogen) atoms. The van der Waals surface area contributed by atoms with Gasteiger partial charge in [-0.15, -0.1) is 0 Å². The standard InChI is InChI=1S/C16H20FN5O2/c1-11(10-22-8-4-7-19-22)20-15(23)9-14(21-16(18)24)12-5-2-3-6-13(12)17/h2-8,11,14H,9-10H2,1H3,(H,20,23)(H3,18,21,24)/t11-,14-/m1/s1. The maximum Gasteiger partial charge on any atom is 0.312 e. The molecule has 2 aromatic rings. The number of amides is 3. The average Bonchev–Trinajstić information content (AvgIpc) is 2.99. The fourth-order valence-corrected chi connectivity index (χ4v) is 2.42. The first-order chi connectivity index (χ1) is 11.5. The number of nitrogens with zero attached hydrogens (tertiary/aromatic N) is 2. The molecule has 0 aliphatic carbocycles. The Morgan fingerprint density at radius 2 is 2.04 bits per heavy atom. The third-order valence-electron chi connectivity index (χ3n) is 3.41. The van der Waals surface area contributed by atoms with Crippen molar-refractivity contribution < 1.29 is 14.0 Å². The van der Waals surface area contributed by atoms with Crippen LogP contribution < -0.4 is 16.4 Å². The Balaban J connectivity index is 1.99. The first-order valence-corrected chi connectivity index (χ1v) is 7.53. The first kappa shape index (κ1) is 17.5. The number of urea groups is 1. The molecule has 128 valence electrons. The molecule has 8 heteroatoms. The summed E-state index contributed by atoms with van der Waals surface area (Å²) < 4.78 is 15.6. The van der Waals surface area contributed by atoms with Crippen LogP contribution in [0.15, 0.2) is 42.7 Å². The van der Waals surface area contributed by atoms with Crippen molar-refractivity contribution in [2.75, 3.05) is 0 Å². The number of halogens is 1. The summed E-state index contributed by atoms with van der Waals surface area (Å²) in [5.41, 5.74) is 5.35. The summed E-state index contributed by atoms with van der Waals surface area (Å²) in [5.74, 6) is -0.828. The lowest BCUT2D eigenvalue weighted by Gasteiger charge is -2.20. The van der Waals surface area contributed by atoms with Crippen molar-refractivity contribution in [2.45, 2.75) is 32.0 Å². The molecule has 0 fully saturated rings. The molecule has 0 aliphatic heterocycles. The molecule has 7 nitrogen and oxygen atoms in total. The van der Waals surface area contributed by atoms with Gasteiger partial charge in [-0.2, -0.15) is 5.10 Å². The highest BCUT2D eigenvalue weighted by Gasteiger charge is 2.21. The van der Waals surface area contributed by atoms with Crippen molar-refractivity contribution >= 4 is 11.9 Å². The van der Waals surface area contributed by atoms with Crippen LogP contribution in [0, 0.1) is 5.82 Å². The van der Waals surface area contributed by atoms with Gasteiger partial charge in [0.05, 0.1) is 19.0 Å². The van der Waals surface area contributed by atoms with E-state index in [0.717, 1.165) is 0 Å². The molecular formula is C16H20FN5O2. The highest BCUT2D eigenvalue weighted by molar-refractivity contribution is 5.79. The molecule has 3 amide bonds. The van der Waals surface area contributed by atoms with E-state index in [2.05, 4.69) is 15.7 Å². The Labute approximate surface area is 139 Å². The predicted octanol–water partition coefficient (Wildman–Crippen LogP) is 1.33. The van der Waals surface area contributed by atoms with Crippen molar-refractivity contribution in [3.8, 4) is 0 Å². The SMILES string of the molecule is C[C@H](Cn1cccn1)NC(=O)C[C@@H](NC(N)=O)c1ccccc1F. The zero-order valence-electron chi connectivity index (χ0n) is 13.3. The monoisotopic (exact) mass is 333 g/mol. The van der Waals surface area contributed by atoms with Crippen LogP contribution in [0.3, 0.4) is 0 Å². The van der Waals surface area contributed by atoms with E-state index in [1.165, 1.54) is 18.2 Å². The second-order valence-corrected chi connectivity index (χ2v) is 5.48. The Bertz CT molecular complexity index is 690. The van der Waals surface area contributed by atoms with Gasteiger partial charge >= 0.3 is 6.03 Å². The lowest BCUT2D eigenvalue weighted by Crippen LogP contribution is -2.40. The number of nitrogens with one attached hydrogen (secondary N) is 2. The van der Waals surface area contributed by atoms with Crippen LogP contribution >= 0.6 is 0 Å². The van der Waals surface area contributed by atoms with Crippen LogP contribution in [0.5, 0.6) is 0 Å². The van der Waals surface area contributed by atoms with E-state index in [4.69, 9.17) is 5.73 Å². The molecule has 1 aromatic carbocycles. The summed E-state index contributed by atoms with van der Waals surface area (Å²) in [6, 6.07) is 5.91. The van der Waals surface area contributed by atoms with Gasteiger partial charge in [-0.3, -0.25) is 9.48 Å². The largest absolute Gasteiger partial charge is 0.352 e. The molecule has 4 N–H and O–H groups in total. The third-order valence-corrected chi connectivity index (χ3v) is 3.41. The Kier molecular flexibility index (Phi) is 5.89. The van der Waals surface area contributed by atoms with E-state index in [1.807, 2.05) is 6.92 Å². The molecule has 0 radical (unpaired) electrons. The molecule has 2 rings (SSSR count). The molecular weight excluding hydrogens is 313 g/mol. The minimum absolute atomic E-state index is 0.118. The molecule has 0 spiro atoms. The Morgan fingerprint density at radius 3 is 2.67 bits per heavy atom. The Morgan fingerprint density at radius 1 is 1.29 bits per heavy atom. The van der Waals surface area contributed by atoms with Gasteiger partial charge in [0.25, 0.3) is 0 Å². The van der Waals surface area contributed by atoms with E-state index >= 15 is 0 Å². The molecule has 0 saturated carbocycles. The summed E-state index contributed by atoms with van der Waals surface area (Å²) >= 11 is 0. The van der Waals surface area contributed by atoms with Gasteiger partial charge in [-0.25, -0.2) is 9.18 Å². The van der Waals surface area contributed by atoms with Gasteiger partial charge in [0.1, 0.15) is 5.82 Å². The van der Waals surface area contributed by atoms with Gasteiger partial charge in [-0.05, 0) is 19.1 Å². The maximum atomic E-state index is 13.9. The van der Waals surface area contributed by atoms with Crippen molar-refractivity contribution in [1.29, 1.82) is 0 Å². The molecule has 0 saturated heterocycles. The fraction of sp³-hybridized carbons (Fsp3) is 0.312. The normalized spacial score (nSPS) is 13.1. The van der Waals surface area contributed by atoms with Crippen LogP contribution in [0.25, 0.3) is 0 Å². The summed E-state index contributed by atoms with van der Waals surface area (Å²) in [7, 11) is 0. The number of carbonyl (C=O) groups is 2. The second kappa shape index (κ2) is 8.09. The number of carbonyl (C=O) groups excluding carboxylic acids is 2. The number of hydrogen-bond donors (Lipinski definition) is 3. The number of primary amides is 1. The number of aromatic nitrogens is 2. The Hall–Kier alpha value is -2.90. The van der Waals surface area contributed by atoms with Gasteiger partial charge < -0.3 is 16.4 Å². The summed E-state index contributed by atoms with van der Waals surface area (Å²) in [4.78, 5) is 23.4. The minimum Gasteiger partial charge on any atom is -0.352 e. The molecule has 0 unspecified atom stereocenters. The lowest BCUT2D eigenvalue weighted by molar-refractivity contribution is -0.122. The highest BCUT2D eigenvalue weighted by atomic mass is 19.1. The number of benzene rings is 1. The fourth-order valence-electron chi connectivity index (χ4n) is 2.42. The molecule has 1 aromatic heterocycles. The third kappa shape index (κ3) is 5.08. The number of rotatable bonds is 7. The molecule has 0 bridgehead atoms. The second-order valence-electron chi connectivity index (χ2n) is 5.48. The van der Waals surface area contributed by atoms with Crippen LogP contribution in [-0.2, 0) is 11.3 Å². The van der Waals surface area contributed by atoms with Gasteiger partial charge in [0, 0.05) is 24.0 Å². The number of hydrogen-bond acceptors (Lipinski definition) is 3. The van der Waals surface area contributed by atoms with Crippen LogP contribution in [0.4, 0.5) is 9.18 Å². The molecule has 2 atom stereocenters. The van der Waals surface area contributed by atoms with E-state index in [1.54, 1.807) is 29.2 Å². The maximum absolute atomic E-state index is 13.9. The quantitative estimate of drug-likeness (QED) is 0.712. The van der Waals surface area contributed by atoms with Crippen LogP contribution in [0.1, 0.15) is 24.9 Å². The summed E-state index contributed by atoms with van der Waals surface area (Å²) in [5, 5.41) is 9.27. The topological polar surface area (TPSA) is 102 Å². The van der Waals surface area contributed by atoms with Crippen LogP contribution in [-0.4, -0.2) is 27.8 Å². The van der Waals surface area contributed by atoms with E-state index in [0.29, 0.717) is 6.54 Å². The van der Waals surface area contributed by atoms with Crippen molar-refractivity contribution in [3.05, 3.63) is 54.1 Å². The van der Waals surface area contributed by atoms with Crippen LogP contribution in [0.2, 0.25) is 0 Å². The van der Waals surface area contributed by atoms with Crippen molar-refractivity contribution in [2.24, 2.45) is 5.73 Å². The van der Waals surface area contributed by atoms with Gasteiger partial charge in [0.15, 0.2) is 0 Å². The zero-order valence-corrected chi connectivity index (χ0v) is 13.3. The van der Waals surface area contributed by atoms with Crippen molar-refractivity contribution in [3.63, 3.8) is 0 Å². The van der Waals surface area contributed by atoms with E-state index in [9.17, 15) is 14.0 Å². The zero-order chi connectivity index (χ0) is 17.5. The summed E-state index contributed by atoms with van der Waals surface area (Å²) in [6.45, 7) is 2.34. The minimum atomic E-state index is -0.833. The van der Waals surface area contributed by atoms with E-state index < -0.39 is 17.9 Å². The van der Waals surface area contributed by atoms with Gasteiger partial charge in [-0.1, -0.05) is 18.2 Å².